The third-order valence-corrected chi connectivity index (χ3v) is 3.92. The second kappa shape index (κ2) is 7.37. The van der Waals surface area contributed by atoms with Gasteiger partial charge in [-0.15, -0.1) is 0 Å². The number of carbonyl (C=O) groups is 2. The van der Waals surface area contributed by atoms with Gasteiger partial charge in [0.25, 0.3) is 0 Å². The maximum atomic E-state index is 12.4. The first-order valence-corrected chi connectivity index (χ1v) is 7.94. The first kappa shape index (κ1) is 17.1. The maximum absolute atomic E-state index is 12.4. The highest BCUT2D eigenvalue weighted by atomic mass is 79.9. The van der Waals surface area contributed by atoms with Crippen LogP contribution in [0.1, 0.15) is 19.5 Å². The number of nitrogens with zero attached hydrogens (tertiary/aromatic N) is 1. The van der Waals surface area contributed by atoms with E-state index in [0.717, 1.165) is 10.2 Å². The summed E-state index contributed by atoms with van der Waals surface area (Å²) in [7, 11) is 0. The molecule has 0 spiro atoms. The molecule has 0 aliphatic rings. The monoisotopic (exact) mass is 375 g/mol. The van der Waals surface area contributed by atoms with Crippen molar-refractivity contribution in [3.05, 3.63) is 58.8 Å². The van der Waals surface area contributed by atoms with Gasteiger partial charge in [0.1, 0.15) is 5.41 Å². The highest BCUT2D eigenvalue weighted by molar-refractivity contribution is 9.10. The Morgan fingerprint density at radius 3 is 2.39 bits per heavy atom. The molecule has 120 valence electrons. The van der Waals surface area contributed by atoms with Crippen LogP contribution in [0.5, 0.6) is 0 Å². The molecule has 0 saturated carbocycles. The Morgan fingerprint density at radius 1 is 1.09 bits per heavy atom. The number of rotatable bonds is 5. The predicted molar refractivity (Wildman–Crippen MR) is 92.6 cm³/mol. The lowest BCUT2D eigenvalue weighted by molar-refractivity contribution is -0.138. The fourth-order valence-electron chi connectivity index (χ4n) is 1.82. The van der Waals surface area contributed by atoms with E-state index in [4.69, 9.17) is 0 Å². The number of aromatic nitrogens is 1. The molecule has 1 aromatic carbocycles. The van der Waals surface area contributed by atoms with E-state index in [1.807, 2.05) is 24.3 Å². The minimum atomic E-state index is -1.19. The normalized spacial score (nSPS) is 10.9. The summed E-state index contributed by atoms with van der Waals surface area (Å²) in [6.07, 6.45) is 1.66. The van der Waals surface area contributed by atoms with Crippen molar-refractivity contribution in [3.63, 3.8) is 0 Å². The number of hydrogen-bond acceptors (Lipinski definition) is 3. The minimum absolute atomic E-state index is 0.286. The summed E-state index contributed by atoms with van der Waals surface area (Å²) in [4.78, 5) is 28.8. The number of benzene rings is 1. The number of halogens is 1. The number of nitrogens with one attached hydrogen (secondary N) is 2. The van der Waals surface area contributed by atoms with Crippen molar-refractivity contribution >= 4 is 33.4 Å². The molecule has 0 aliphatic heterocycles. The molecule has 1 heterocycles. The van der Waals surface area contributed by atoms with E-state index in [1.165, 1.54) is 0 Å². The summed E-state index contributed by atoms with van der Waals surface area (Å²) in [5.74, 6) is -0.712. The number of pyridine rings is 1. The van der Waals surface area contributed by atoms with Crippen LogP contribution in [0.25, 0.3) is 0 Å². The average Bonchev–Trinajstić information content (AvgIpc) is 2.55. The van der Waals surface area contributed by atoms with Crippen LogP contribution < -0.4 is 10.6 Å². The molecule has 0 saturated heterocycles. The number of anilines is 1. The molecule has 0 atom stereocenters. The molecule has 0 radical (unpaired) electrons. The van der Waals surface area contributed by atoms with E-state index < -0.39 is 5.41 Å². The molecule has 0 bridgehead atoms. The minimum Gasteiger partial charge on any atom is -0.350 e. The second-order valence-corrected chi connectivity index (χ2v) is 6.51. The Hall–Kier alpha value is -2.21. The standard InChI is InChI=1S/C17H18BrN3O2/c1-17(2,15(22)20-11-14-5-3-4-10-19-14)16(23)21-13-8-6-12(18)7-9-13/h3-10H,11H2,1-2H3,(H,20,22)(H,21,23). The smallest absolute Gasteiger partial charge is 0.239 e. The van der Waals surface area contributed by atoms with Gasteiger partial charge in [0, 0.05) is 16.4 Å². The summed E-state index contributed by atoms with van der Waals surface area (Å²) >= 11 is 3.33. The zero-order chi connectivity index (χ0) is 16.9. The molecular formula is C17H18BrN3O2. The van der Waals surface area contributed by atoms with E-state index in [-0.39, 0.29) is 18.4 Å². The van der Waals surface area contributed by atoms with Crippen molar-refractivity contribution in [1.82, 2.24) is 10.3 Å². The molecule has 2 aromatic rings. The van der Waals surface area contributed by atoms with Crippen LogP contribution >= 0.6 is 15.9 Å². The van der Waals surface area contributed by atoms with Gasteiger partial charge in [0.2, 0.25) is 11.8 Å². The van der Waals surface area contributed by atoms with Crippen LogP contribution in [-0.4, -0.2) is 16.8 Å². The van der Waals surface area contributed by atoms with Crippen LogP contribution in [0, 0.1) is 5.41 Å². The van der Waals surface area contributed by atoms with Crippen molar-refractivity contribution in [2.45, 2.75) is 20.4 Å². The van der Waals surface area contributed by atoms with E-state index >= 15 is 0 Å². The molecule has 0 unspecified atom stereocenters. The van der Waals surface area contributed by atoms with Gasteiger partial charge in [-0.2, -0.15) is 0 Å². The third kappa shape index (κ3) is 4.63. The van der Waals surface area contributed by atoms with Crippen LogP contribution in [0.2, 0.25) is 0 Å². The Labute approximate surface area is 143 Å². The maximum Gasteiger partial charge on any atom is 0.239 e. The number of carbonyl (C=O) groups excluding carboxylic acids is 2. The van der Waals surface area contributed by atoms with Crippen LogP contribution in [0.4, 0.5) is 5.69 Å². The highest BCUT2D eigenvalue weighted by Crippen LogP contribution is 2.20. The summed E-state index contributed by atoms with van der Waals surface area (Å²) in [5.41, 5.74) is 0.191. The molecular weight excluding hydrogens is 358 g/mol. The van der Waals surface area contributed by atoms with Crippen molar-refractivity contribution in [2.24, 2.45) is 5.41 Å². The molecule has 2 N–H and O–H groups in total. The van der Waals surface area contributed by atoms with Gasteiger partial charge < -0.3 is 10.6 Å². The Balaban J connectivity index is 1.97. The molecule has 0 aliphatic carbocycles. The zero-order valence-corrected chi connectivity index (χ0v) is 14.6. The predicted octanol–water partition coefficient (Wildman–Crippen LogP) is 3.13. The van der Waals surface area contributed by atoms with Crippen molar-refractivity contribution in [1.29, 1.82) is 0 Å². The summed E-state index contributed by atoms with van der Waals surface area (Å²) < 4.78 is 0.919. The van der Waals surface area contributed by atoms with E-state index in [2.05, 4.69) is 31.5 Å². The quantitative estimate of drug-likeness (QED) is 0.788. The fourth-order valence-corrected chi connectivity index (χ4v) is 2.08. The first-order valence-electron chi connectivity index (χ1n) is 7.15. The van der Waals surface area contributed by atoms with Crippen LogP contribution in [0.3, 0.4) is 0 Å². The summed E-state index contributed by atoms with van der Waals surface area (Å²) in [5, 5.41) is 5.50. The topological polar surface area (TPSA) is 71.1 Å². The van der Waals surface area contributed by atoms with Crippen molar-refractivity contribution in [2.75, 3.05) is 5.32 Å². The largest absolute Gasteiger partial charge is 0.350 e. The van der Waals surface area contributed by atoms with Gasteiger partial charge in [0.15, 0.2) is 0 Å². The molecule has 23 heavy (non-hydrogen) atoms. The molecule has 5 nitrogen and oxygen atoms in total. The molecule has 2 amide bonds. The van der Waals surface area contributed by atoms with Crippen LogP contribution in [0.15, 0.2) is 53.1 Å². The number of hydrogen-bond donors (Lipinski definition) is 2. The first-order chi connectivity index (χ1) is 10.9. The molecule has 6 heteroatoms. The van der Waals surface area contributed by atoms with Crippen molar-refractivity contribution in [3.8, 4) is 0 Å². The lowest BCUT2D eigenvalue weighted by atomic mass is 9.91. The van der Waals surface area contributed by atoms with Gasteiger partial charge in [-0.1, -0.05) is 22.0 Å². The van der Waals surface area contributed by atoms with Gasteiger partial charge in [0.05, 0.1) is 12.2 Å². The van der Waals surface area contributed by atoms with Gasteiger partial charge in [-0.05, 0) is 50.2 Å². The summed E-state index contributed by atoms with van der Waals surface area (Å²) in [6, 6.07) is 12.7. The zero-order valence-electron chi connectivity index (χ0n) is 13.0. The van der Waals surface area contributed by atoms with Gasteiger partial charge in [-0.3, -0.25) is 14.6 Å². The third-order valence-electron chi connectivity index (χ3n) is 3.39. The fraction of sp³-hybridized carbons (Fsp3) is 0.235. The Morgan fingerprint density at radius 2 is 1.78 bits per heavy atom. The van der Waals surface area contributed by atoms with Crippen molar-refractivity contribution < 1.29 is 9.59 Å². The lowest BCUT2D eigenvalue weighted by Gasteiger charge is -2.22. The Kier molecular flexibility index (Phi) is 5.50. The van der Waals surface area contributed by atoms with E-state index in [9.17, 15) is 9.59 Å². The summed E-state index contributed by atoms with van der Waals surface area (Å²) in [6.45, 7) is 3.47. The Bertz CT molecular complexity index is 685. The van der Waals surface area contributed by atoms with Crippen LogP contribution in [-0.2, 0) is 16.1 Å². The van der Waals surface area contributed by atoms with Gasteiger partial charge >= 0.3 is 0 Å². The lowest BCUT2D eigenvalue weighted by Crippen LogP contribution is -2.44. The van der Waals surface area contributed by atoms with E-state index in [0.29, 0.717) is 5.69 Å². The van der Waals surface area contributed by atoms with E-state index in [1.54, 1.807) is 38.2 Å². The molecule has 0 fully saturated rings. The average molecular weight is 376 g/mol. The number of amides is 2. The highest BCUT2D eigenvalue weighted by Gasteiger charge is 2.35. The molecule has 1 aromatic heterocycles. The molecule has 2 rings (SSSR count). The SMILES string of the molecule is CC(C)(C(=O)NCc1ccccn1)C(=O)Nc1ccc(Br)cc1. The second-order valence-electron chi connectivity index (χ2n) is 5.59. The van der Waals surface area contributed by atoms with Gasteiger partial charge in [-0.25, -0.2) is 0 Å².